The van der Waals surface area contributed by atoms with E-state index in [9.17, 15) is 14.4 Å². The van der Waals surface area contributed by atoms with E-state index in [0.717, 1.165) is 5.56 Å². The number of amides is 1. The van der Waals surface area contributed by atoms with Crippen LogP contribution >= 0.6 is 11.3 Å². The van der Waals surface area contributed by atoms with E-state index in [-0.39, 0.29) is 12.1 Å². The fraction of sp³-hybridized carbons (Fsp3) is 0.176. The van der Waals surface area contributed by atoms with Crippen LogP contribution in [-0.2, 0) is 16.1 Å². The molecule has 0 radical (unpaired) electrons. The Morgan fingerprint density at radius 3 is 2.88 bits per heavy atom. The summed E-state index contributed by atoms with van der Waals surface area (Å²) in [4.78, 5) is 40.9. The Morgan fingerprint density at radius 2 is 2.12 bits per heavy atom. The first-order valence-electron chi connectivity index (χ1n) is 7.41. The quantitative estimate of drug-likeness (QED) is 0.723. The van der Waals surface area contributed by atoms with Crippen molar-refractivity contribution < 1.29 is 14.3 Å². The molecule has 0 unspecified atom stereocenters. The molecular weight excluding hydrogens is 342 g/mol. The monoisotopic (exact) mass is 357 g/mol. The molecule has 25 heavy (non-hydrogen) atoms. The second-order valence-electron chi connectivity index (χ2n) is 5.40. The molecule has 8 heteroatoms. The van der Waals surface area contributed by atoms with Gasteiger partial charge >= 0.3 is 5.97 Å². The van der Waals surface area contributed by atoms with Crippen LogP contribution in [0.2, 0.25) is 0 Å². The van der Waals surface area contributed by atoms with E-state index in [2.05, 4.69) is 15.0 Å². The van der Waals surface area contributed by atoms with Gasteiger partial charge in [-0.25, -0.2) is 9.78 Å². The average Bonchev–Trinajstić information content (AvgIpc) is 3.05. The number of aromatic nitrogens is 2. The maximum absolute atomic E-state index is 12.5. The summed E-state index contributed by atoms with van der Waals surface area (Å²) in [6.07, 6.45) is 1.34. The van der Waals surface area contributed by atoms with Gasteiger partial charge in [-0.1, -0.05) is 11.6 Å². The van der Waals surface area contributed by atoms with Gasteiger partial charge in [0.25, 0.3) is 5.56 Å². The first-order valence-corrected chi connectivity index (χ1v) is 8.29. The van der Waals surface area contributed by atoms with E-state index in [0.29, 0.717) is 21.5 Å². The van der Waals surface area contributed by atoms with Crippen LogP contribution in [0.15, 0.2) is 40.8 Å². The second kappa shape index (κ2) is 6.86. The molecule has 0 spiro atoms. The Morgan fingerprint density at radius 1 is 1.32 bits per heavy atom. The molecule has 0 bridgehead atoms. The summed E-state index contributed by atoms with van der Waals surface area (Å²) in [5, 5.41) is 4.76. The maximum atomic E-state index is 12.5. The van der Waals surface area contributed by atoms with Crippen molar-refractivity contribution in [3.63, 3.8) is 0 Å². The molecule has 0 atom stereocenters. The molecule has 0 aliphatic heterocycles. The molecule has 0 saturated carbocycles. The minimum atomic E-state index is -0.523. The van der Waals surface area contributed by atoms with E-state index >= 15 is 0 Å². The summed E-state index contributed by atoms with van der Waals surface area (Å²) in [5.74, 6) is -0.954. The topological polar surface area (TPSA) is 90.3 Å². The lowest BCUT2D eigenvalue weighted by Crippen LogP contribution is -2.28. The number of carbonyl (C=O) groups excluding carboxylic acids is 2. The highest BCUT2D eigenvalue weighted by atomic mass is 32.1. The average molecular weight is 357 g/mol. The number of nitrogens with one attached hydrogen (secondary N) is 1. The van der Waals surface area contributed by atoms with Gasteiger partial charge in [0.05, 0.1) is 30.0 Å². The molecule has 1 N–H and O–H groups in total. The van der Waals surface area contributed by atoms with E-state index in [1.165, 1.54) is 29.3 Å². The van der Waals surface area contributed by atoms with Crippen molar-refractivity contribution in [2.24, 2.45) is 0 Å². The zero-order valence-electron chi connectivity index (χ0n) is 13.6. The minimum Gasteiger partial charge on any atom is -0.465 e. The molecule has 0 aliphatic carbocycles. The fourth-order valence-corrected chi connectivity index (χ4v) is 3.15. The maximum Gasteiger partial charge on any atom is 0.350 e. The van der Waals surface area contributed by atoms with Crippen LogP contribution in [0.4, 0.5) is 5.69 Å². The van der Waals surface area contributed by atoms with Crippen LogP contribution in [0.3, 0.4) is 0 Å². The molecular formula is C17H15N3O4S. The molecule has 2 heterocycles. The summed E-state index contributed by atoms with van der Waals surface area (Å²) in [6, 6.07) is 6.99. The number of anilines is 1. The highest BCUT2D eigenvalue weighted by Crippen LogP contribution is 2.23. The number of aryl methyl sites for hydroxylation is 1. The number of hydrogen-bond acceptors (Lipinski definition) is 6. The first kappa shape index (κ1) is 16.8. The summed E-state index contributed by atoms with van der Waals surface area (Å²) >= 11 is 1.17. The van der Waals surface area contributed by atoms with Gasteiger partial charge in [0.2, 0.25) is 5.91 Å². The predicted octanol–water partition coefficient (Wildman–Crippen LogP) is 2.19. The fourth-order valence-electron chi connectivity index (χ4n) is 2.39. The highest BCUT2D eigenvalue weighted by Gasteiger charge is 2.16. The predicted molar refractivity (Wildman–Crippen MR) is 95.0 cm³/mol. The Balaban J connectivity index is 1.83. The molecule has 0 saturated heterocycles. The van der Waals surface area contributed by atoms with Crippen LogP contribution in [0.5, 0.6) is 0 Å². The molecule has 3 rings (SSSR count). The van der Waals surface area contributed by atoms with Crippen molar-refractivity contribution in [2.45, 2.75) is 13.5 Å². The Bertz CT molecular complexity index is 1020. The SMILES string of the molecule is COC(=O)c1sccc1NC(=O)Cn1cnc2ccc(C)cc2c1=O. The van der Waals surface area contributed by atoms with Crippen molar-refractivity contribution in [1.82, 2.24) is 9.55 Å². The number of ether oxygens (including phenoxy) is 1. The second-order valence-corrected chi connectivity index (χ2v) is 6.32. The molecule has 0 fully saturated rings. The number of hydrogen-bond donors (Lipinski definition) is 1. The lowest BCUT2D eigenvalue weighted by atomic mass is 10.2. The number of thiophene rings is 1. The third kappa shape index (κ3) is 3.43. The normalized spacial score (nSPS) is 10.6. The third-order valence-electron chi connectivity index (χ3n) is 3.60. The number of fused-ring (bicyclic) bond motifs is 1. The molecule has 3 aromatic rings. The molecule has 1 aromatic carbocycles. The Labute approximate surface area is 146 Å². The van der Waals surface area contributed by atoms with Crippen molar-refractivity contribution >= 4 is 39.8 Å². The number of rotatable bonds is 4. The van der Waals surface area contributed by atoms with Crippen molar-refractivity contribution in [3.05, 3.63) is 56.8 Å². The van der Waals surface area contributed by atoms with Gasteiger partial charge in [-0.15, -0.1) is 11.3 Å². The summed E-state index contributed by atoms with van der Waals surface area (Å²) in [6.45, 7) is 1.68. The van der Waals surface area contributed by atoms with Gasteiger partial charge in [0.1, 0.15) is 11.4 Å². The summed E-state index contributed by atoms with van der Waals surface area (Å²) in [5.41, 5.74) is 1.59. The first-order chi connectivity index (χ1) is 12.0. The van der Waals surface area contributed by atoms with Crippen LogP contribution in [0, 0.1) is 6.92 Å². The van der Waals surface area contributed by atoms with Crippen molar-refractivity contribution in [1.29, 1.82) is 0 Å². The summed E-state index contributed by atoms with van der Waals surface area (Å²) < 4.78 is 5.91. The number of nitrogens with zero attached hydrogens (tertiary/aromatic N) is 2. The van der Waals surface area contributed by atoms with Crippen LogP contribution < -0.4 is 10.9 Å². The van der Waals surface area contributed by atoms with Crippen molar-refractivity contribution in [2.75, 3.05) is 12.4 Å². The van der Waals surface area contributed by atoms with E-state index in [4.69, 9.17) is 0 Å². The van der Waals surface area contributed by atoms with Crippen LogP contribution in [-0.4, -0.2) is 28.5 Å². The van der Waals surface area contributed by atoms with Crippen LogP contribution in [0.1, 0.15) is 15.2 Å². The molecule has 0 aliphatic rings. The zero-order chi connectivity index (χ0) is 18.0. The number of carbonyl (C=O) groups is 2. The number of esters is 1. The van der Waals surface area contributed by atoms with Gasteiger partial charge in [-0.2, -0.15) is 0 Å². The van der Waals surface area contributed by atoms with Crippen LogP contribution in [0.25, 0.3) is 10.9 Å². The third-order valence-corrected chi connectivity index (χ3v) is 4.50. The smallest absolute Gasteiger partial charge is 0.350 e. The Hall–Kier alpha value is -3.00. The highest BCUT2D eigenvalue weighted by molar-refractivity contribution is 7.12. The van der Waals surface area contributed by atoms with Gasteiger partial charge in [0.15, 0.2) is 0 Å². The van der Waals surface area contributed by atoms with E-state index in [1.807, 2.05) is 13.0 Å². The molecule has 1 amide bonds. The Kier molecular flexibility index (Phi) is 4.62. The lowest BCUT2D eigenvalue weighted by Gasteiger charge is -2.08. The minimum absolute atomic E-state index is 0.202. The molecule has 2 aromatic heterocycles. The van der Waals surface area contributed by atoms with Gasteiger partial charge in [-0.3, -0.25) is 14.2 Å². The van der Waals surface area contributed by atoms with Gasteiger partial charge in [0, 0.05) is 0 Å². The molecule has 7 nitrogen and oxygen atoms in total. The number of benzene rings is 1. The largest absolute Gasteiger partial charge is 0.465 e. The lowest BCUT2D eigenvalue weighted by molar-refractivity contribution is -0.116. The standard InChI is InChI=1S/C17H15N3O4S/c1-10-3-4-12-11(7-10)16(22)20(9-18-12)8-14(21)19-13-5-6-25-15(13)17(23)24-2/h3-7,9H,8H2,1-2H3,(H,19,21). The van der Waals surface area contributed by atoms with Crippen molar-refractivity contribution in [3.8, 4) is 0 Å². The van der Waals surface area contributed by atoms with Gasteiger partial charge < -0.3 is 10.1 Å². The zero-order valence-corrected chi connectivity index (χ0v) is 14.4. The van der Waals surface area contributed by atoms with E-state index in [1.54, 1.807) is 23.6 Å². The van der Waals surface area contributed by atoms with Gasteiger partial charge in [-0.05, 0) is 30.5 Å². The number of methoxy groups -OCH3 is 1. The van der Waals surface area contributed by atoms with E-state index < -0.39 is 11.9 Å². The summed E-state index contributed by atoms with van der Waals surface area (Å²) in [7, 11) is 1.27. The molecule has 128 valence electrons.